The van der Waals surface area contributed by atoms with Gasteiger partial charge >= 0.3 is 0 Å². The van der Waals surface area contributed by atoms with E-state index in [4.69, 9.17) is 0 Å². The van der Waals surface area contributed by atoms with Crippen LogP contribution in [0.4, 0.5) is 0 Å². The summed E-state index contributed by atoms with van der Waals surface area (Å²) in [7, 11) is 0. The Kier molecular flexibility index (Phi) is 3.35. The Morgan fingerprint density at radius 1 is 0.476 bits per heavy atom. The molecule has 3 aliphatic carbocycles. The molecule has 5 fully saturated rings. The summed E-state index contributed by atoms with van der Waals surface area (Å²) < 4.78 is 0. The Hall–Kier alpha value is -0.0400. The van der Waals surface area contributed by atoms with E-state index in [1.54, 1.807) is 57.8 Å². The van der Waals surface area contributed by atoms with Gasteiger partial charge in [-0.25, -0.2) is 0 Å². The van der Waals surface area contributed by atoms with Crippen molar-refractivity contribution in [3.05, 3.63) is 0 Å². The number of hydrogen-bond acceptors (Lipinski definition) is 1. The van der Waals surface area contributed by atoms with Crippen molar-refractivity contribution in [2.24, 2.45) is 23.7 Å². The van der Waals surface area contributed by atoms with Gasteiger partial charge in [0.2, 0.25) is 0 Å². The molecule has 118 valence electrons. The summed E-state index contributed by atoms with van der Waals surface area (Å²) in [6, 6.07) is 3.04. The van der Waals surface area contributed by atoms with Gasteiger partial charge in [-0.3, -0.25) is 4.90 Å². The second-order valence-electron chi connectivity index (χ2n) is 9.08. The van der Waals surface area contributed by atoms with Crippen molar-refractivity contribution in [3.8, 4) is 0 Å². The van der Waals surface area contributed by atoms with Gasteiger partial charge in [0, 0.05) is 18.1 Å². The van der Waals surface area contributed by atoms with E-state index in [1.807, 2.05) is 0 Å². The average Bonchev–Trinajstić information content (AvgIpc) is 2.54. The molecule has 1 nitrogen and oxygen atoms in total. The molecular weight excluding hydrogens is 254 g/mol. The van der Waals surface area contributed by atoms with Gasteiger partial charge in [-0.2, -0.15) is 0 Å². The molecule has 3 saturated carbocycles. The van der Waals surface area contributed by atoms with Crippen molar-refractivity contribution in [1.82, 2.24) is 4.90 Å². The first-order chi connectivity index (χ1) is 10.4. The quantitative estimate of drug-likeness (QED) is 0.606. The molecule has 2 aliphatic heterocycles. The van der Waals surface area contributed by atoms with Crippen LogP contribution in [0.1, 0.15) is 83.5 Å². The first kappa shape index (κ1) is 13.4. The molecular formula is C20H33N. The summed E-state index contributed by atoms with van der Waals surface area (Å²) in [4.78, 5) is 3.22. The smallest absolute Gasteiger partial charge is 0.0158 e. The first-order valence-corrected chi connectivity index (χ1v) is 10.2. The van der Waals surface area contributed by atoms with Gasteiger partial charge in [-0.15, -0.1) is 0 Å². The topological polar surface area (TPSA) is 3.24 Å². The van der Waals surface area contributed by atoms with Crippen molar-refractivity contribution in [2.45, 2.75) is 102 Å². The minimum Gasteiger partial charge on any atom is -0.293 e. The van der Waals surface area contributed by atoms with E-state index in [9.17, 15) is 0 Å². The third kappa shape index (κ3) is 2.06. The van der Waals surface area contributed by atoms with Gasteiger partial charge in [-0.05, 0) is 75.0 Å². The SMILES string of the molecule is C1CCC2C(C1)CC1CCCC3CC4CCCCC4N2C13. The molecule has 0 bridgehead atoms. The molecule has 0 radical (unpaired) electrons. The summed E-state index contributed by atoms with van der Waals surface area (Å²) in [6.45, 7) is 0. The van der Waals surface area contributed by atoms with Gasteiger partial charge < -0.3 is 0 Å². The normalized spacial score (nSPS) is 53.4. The Morgan fingerprint density at radius 2 is 0.952 bits per heavy atom. The van der Waals surface area contributed by atoms with Crippen LogP contribution in [0, 0.1) is 23.7 Å². The van der Waals surface area contributed by atoms with E-state index in [-0.39, 0.29) is 0 Å². The van der Waals surface area contributed by atoms with Crippen LogP contribution in [-0.4, -0.2) is 23.0 Å². The van der Waals surface area contributed by atoms with Gasteiger partial charge in [0.25, 0.3) is 0 Å². The molecule has 2 saturated heterocycles. The van der Waals surface area contributed by atoms with E-state index >= 15 is 0 Å². The number of nitrogens with zero attached hydrogens (tertiary/aromatic N) is 1. The number of rotatable bonds is 0. The molecule has 0 amide bonds. The third-order valence-corrected chi connectivity index (χ3v) is 8.17. The highest BCUT2D eigenvalue weighted by Gasteiger charge is 2.54. The molecule has 0 aromatic rings. The zero-order valence-corrected chi connectivity index (χ0v) is 13.7. The van der Waals surface area contributed by atoms with E-state index in [2.05, 4.69) is 4.90 Å². The largest absolute Gasteiger partial charge is 0.293 e. The molecule has 0 aromatic heterocycles. The molecule has 21 heavy (non-hydrogen) atoms. The molecule has 5 aliphatic rings. The van der Waals surface area contributed by atoms with Crippen molar-refractivity contribution >= 4 is 0 Å². The Morgan fingerprint density at radius 3 is 1.52 bits per heavy atom. The van der Waals surface area contributed by atoms with Crippen molar-refractivity contribution in [1.29, 1.82) is 0 Å². The van der Waals surface area contributed by atoms with Crippen LogP contribution in [0.15, 0.2) is 0 Å². The van der Waals surface area contributed by atoms with Gasteiger partial charge in [0.1, 0.15) is 0 Å². The highest BCUT2D eigenvalue weighted by atomic mass is 15.3. The first-order valence-electron chi connectivity index (χ1n) is 10.2. The van der Waals surface area contributed by atoms with Crippen molar-refractivity contribution in [3.63, 3.8) is 0 Å². The molecule has 6 atom stereocenters. The number of piperidine rings is 2. The fraction of sp³-hybridized carbons (Fsp3) is 1.00. The zero-order valence-electron chi connectivity index (χ0n) is 13.7. The van der Waals surface area contributed by atoms with E-state index in [1.165, 1.54) is 25.7 Å². The summed E-state index contributed by atoms with van der Waals surface area (Å²) >= 11 is 0. The van der Waals surface area contributed by atoms with Crippen LogP contribution in [0.25, 0.3) is 0 Å². The average molecular weight is 287 g/mol. The lowest BCUT2D eigenvalue weighted by molar-refractivity contribution is -0.140. The second-order valence-corrected chi connectivity index (χ2v) is 9.08. The lowest BCUT2D eigenvalue weighted by Crippen LogP contribution is -2.67. The molecule has 0 N–H and O–H groups in total. The highest BCUT2D eigenvalue weighted by Crippen LogP contribution is 2.54. The molecule has 0 spiro atoms. The maximum atomic E-state index is 3.22. The number of fused-ring (bicyclic) bond motifs is 4. The Labute approximate surface area is 130 Å². The molecule has 1 heteroatoms. The molecule has 0 aromatic carbocycles. The predicted molar refractivity (Wildman–Crippen MR) is 87.2 cm³/mol. The predicted octanol–water partition coefficient (Wildman–Crippen LogP) is 5.00. The van der Waals surface area contributed by atoms with Crippen LogP contribution in [0.2, 0.25) is 0 Å². The standard InChI is InChI=1S/C20H33N/c1-3-10-18-14(6-1)12-16-8-5-9-17-13-15-7-2-4-11-19(15)21(18)20(16)17/h14-20H,1-13H2. The fourth-order valence-electron chi connectivity index (χ4n) is 7.55. The maximum absolute atomic E-state index is 3.22. The molecule has 2 heterocycles. The van der Waals surface area contributed by atoms with Gasteiger partial charge in [0.05, 0.1) is 0 Å². The van der Waals surface area contributed by atoms with Gasteiger partial charge in [-0.1, -0.05) is 32.1 Å². The van der Waals surface area contributed by atoms with Crippen LogP contribution < -0.4 is 0 Å². The minimum absolute atomic E-state index is 1.01. The highest BCUT2D eigenvalue weighted by molar-refractivity contribution is 5.07. The lowest BCUT2D eigenvalue weighted by Gasteiger charge is -2.63. The summed E-state index contributed by atoms with van der Waals surface area (Å²) in [5, 5.41) is 0. The Balaban J connectivity index is 1.51. The maximum Gasteiger partial charge on any atom is 0.0158 e. The summed E-state index contributed by atoms with van der Waals surface area (Å²) in [5.41, 5.74) is 0. The van der Waals surface area contributed by atoms with Crippen LogP contribution in [0.5, 0.6) is 0 Å². The second kappa shape index (κ2) is 5.25. The lowest BCUT2D eigenvalue weighted by atomic mass is 9.58. The van der Waals surface area contributed by atoms with Crippen LogP contribution in [-0.2, 0) is 0 Å². The van der Waals surface area contributed by atoms with Gasteiger partial charge in [0.15, 0.2) is 0 Å². The van der Waals surface area contributed by atoms with E-state index < -0.39 is 0 Å². The minimum atomic E-state index is 1.01. The molecule has 6 unspecified atom stereocenters. The van der Waals surface area contributed by atoms with Crippen molar-refractivity contribution in [2.75, 3.05) is 0 Å². The van der Waals surface area contributed by atoms with Crippen LogP contribution in [0.3, 0.4) is 0 Å². The fourth-order valence-corrected chi connectivity index (χ4v) is 7.55. The summed E-state index contributed by atoms with van der Waals surface area (Å²) in [6.07, 6.45) is 20.2. The Bertz CT molecular complexity index is 357. The zero-order chi connectivity index (χ0) is 13.8. The van der Waals surface area contributed by atoms with E-state index in [0.29, 0.717) is 0 Å². The van der Waals surface area contributed by atoms with Crippen LogP contribution >= 0.6 is 0 Å². The van der Waals surface area contributed by atoms with Crippen molar-refractivity contribution < 1.29 is 0 Å². The summed E-state index contributed by atoms with van der Waals surface area (Å²) in [5.74, 6) is 4.34. The monoisotopic (exact) mass is 287 g/mol. The molecule has 5 rings (SSSR count). The van der Waals surface area contributed by atoms with E-state index in [0.717, 1.165) is 41.8 Å². The number of hydrogen-bond donors (Lipinski definition) is 0. The third-order valence-electron chi connectivity index (χ3n) is 8.17.